The Balaban J connectivity index is 2.27. The number of amides is 1. The summed E-state index contributed by atoms with van der Waals surface area (Å²) in [6.45, 7) is 6.17. The predicted molar refractivity (Wildman–Crippen MR) is 77.0 cm³/mol. The fourth-order valence-corrected chi connectivity index (χ4v) is 2.16. The molecule has 1 aromatic carbocycles. The number of carbonyl (C=O) groups is 1. The Morgan fingerprint density at radius 3 is 2.89 bits per heavy atom. The molecule has 5 nitrogen and oxygen atoms in total. The largest absolute Gasteiger partial charge is 0.479 e. The first-order chi connectivity index (χ1) is 9.17. The van der Waals surface area contributed by atoms with E-state index < -0.39 is 6.10 Å². The number of hydrogen-bond donors (Lipinski definition) is 2. The van der Waals surface area contributed by atoms with E-state index in [4.69, 9.17) is 4.74 Å². The molecule has 19 heavy (non-hydrogen) atoms. The number of carbonyl (C=O) groups excluding carboxylic acids is 1. The highest BCUT2D eigenvalue weighted by Crippen LogP contribution is 2.35. The smallest absolute Gasteiger partial charge is 0.267 e. The number of anilines is 2. The van der Waals surface area contributed by atoms with E-state index in [0.29, 0.717) is 6.54 Å². The minimum atomic E-state index is -0.422. The van der Waals surface area contributed by atoms with Gasteiger partial charge < -0.3 is 20.3 Å². The van der Waals surface area contributed by atoms with Crippen LogP contribution in [0.15, 0.2) is 18.2 Å². The molecule has 1 unspecified atom stereocenters. The molecular formula is C14H21N3O2. The van der Waals surface area contributed by atoms with Crippen LogP contribution in [-0.2, 0) is 4.79 Å². The van der Waals surface area contributed by atoms with Crippen molar-refractivity contribution in [2.24, 2.45) is 0 Å². The Kier molecular flexibility index (Phi) is 4.27. The number of hydrogen-bond acceptors (Lipinski definition) is 4. The number of ether oxygens (including phenoxy) is 1. The normalized spacial score (nSPS) is 17.9. The molecule has 0 saturated carbocycles. The monoisotopic (exact) mass is 263 g/mol. The maximum atomic E-state index is 12.2. The summed E-state index contributed by atoms with van der Waals surface area (Å²) in [5, 5.41) is 6.32. The molecule has 0 spiro atoms. The molecular weight excluding hydrogens is 242 g/mol. The Morgan fingerprint density at radius 1 is 1.42 bits per heavy atom. The second-order valence-electron chi connectivity index (χ2n) is 4.54. The van der Waals surface area contributed by atoms with Crippen molar-refractivity contribution in [3.05, 3.63) is 18.2 Å². The van der Waals surface area contributed by atoms with Crippen LogP contribution >= 0.6 is 0 Å². The number of nitrogens with one attached hydrogen (secondary N) is 2. The molecule has 1 heterocycles. The summed E-state index contributed by atoms with van der Waals surface area (Å²) >= 11 is 0. The first-order valence-corrected chi connectivity index (χ1v) is 6.68. The number of benzene rings is 1. The topological polar surface area (TPSA) is 53.6 Å². The van der Waals surface area contributed by atoms with Crippen molar-refractivity contribution in [3.63, 3.8) is 0 Å². The zero-order valence-electron chi connectivity index (χ0n) is 11.7. The second kappa shape index (κ2) is 5.93. The van der Waals surface area contributed by atoms with Gasteiger partial charge in [-0.25, -0.2) is 0 Å². The van der Waals surface area contributed by atoms with Crippen LogP contribution < -0.4 is 20.3 Å². The molecule has 2 rings (SSSR count). The van der Waals surface area contributed by atoms with E-state index in [1.54, 1.807) is 11.8 Å². The van der Waals surface area contributed by atoms with Crippen molar-refractivity contribution in [2.45, 2.75) is 20.0 Å². The van der Waals surface area contributed by atoms with Crippen LogP contribution in [0.3, 0.4) is 0 Å². The summed E-state index contributed by atoms with van der Waals surface area (Å²) in [6, 6.07) is 5.80. The molecule has 0 fully saturated rings. The number of rotatable bonds is 5. The number of likely N-dealkylation sites (N-methyl/N-ethyl adjacent to an activating group) is 1. The highest BCUT2D eigenvalue weighted by molar-refractivity contribution is 6.00. The predicted octanol–water partition coefficient (Wildman–Crippen LogP) is 1.45. The van der Waals surface area contributed by atoms with Crippen molar-refractivity contribution >= 4 is 17.3 Å². The summed E-state index contributed by atoms with van der Waals surface area (Å²) in [7, 11) is 1.86. The highest BCUT2D eigenvalue weighted by Gasteiger charge is 2.31. The SMILES string of the molecule is CCNCCN1C(=O)C(C)Oc2ccc(NC)cc21. The van der Waals surface area contributed by atoms with Crippen LogP contribution in [0.1, 0.15) is 13.8 Å². The first-order valence-electron chi connectivity index (χ1n) is 6.68. The van der Waals surface area contributed by atoms with E-state index in [-0.39, 0.29) is 5.91 Å². The van der Waals surface area contributed by atoms with Gasteiger partial charge in [-0.3, -0.25) is 4.79 Å². The van der Waals surface area contributed by atoms with Crippen molar-refractivity contribution in [1.29, 1.82) is 0 Å². The lowest BCUT2D eigenvalue weighted by Gasteiger charge is -2.33. The van der Waals surface area contributed by atoms with Crippen LogP contribution in [0.25, 0.3) is 0 Å². The van der Waals surface area contributed by atoms with Gasteiger partial charge in [-0.2, -0.15) is 0 Å². The lowest BCUT2D eigenvalue weighted by Crippen LogP contribution is -2.47. The summed E-state index contributed by atoms with van der Waals surface area (Å²) in [5.41, 5.74) is 1.81. The zero-order chi connectivity index (χ0) is 13.8. The Bertz CT molecular complexity index is 462. The Morgan fingerprint density at radius 2 is 2.21 bits per heavy atom. The summed E-state index contributed by atoms with van der Waals surface area (Å²) in [4.78, 5) is 14.0. The van der Waals surface area contributed by atoms with Gasteiger partial charge in [0.25, 0.3) is 5.91 Å². The van der Waals surface area contributed by atoms with Gasteiger partial charge in [0.05, 0.1) is 5.69 Å². The van der Waals surface area contributed by atoms with Crippen LogP contribution in [0.2, 0.25) is 0 Å². The molecule has 104 valence electrons. The quantitative estimate of drug-likeness (QED) is 0.790. The molecule has 1 aliphatic heterocycles. The third kappa shape index (κ3) is 2.81. The third-order valence-corrected chi connectivity index (χ3v) is 3.22. The van der Waals surface area contributed by atoms with E-state index in [1.807, 2.05) is 25.2 Å². The van der Waals surface area contributed by atoms with Crippen molar-refractivity contribution < 1.29 is 9.53 Å². The van der Waals surface area contributed by atoms with E-state index >= 15 is 0 Å². The lowest BCUT2D eigenvalue weighted by atomic mass is 10.1. The minimum absolute atomic E-state index is 0.0126. The average Bonchev–Trinajstić information content (AvgIpc) is 2.43. The molecule has 0 bridgehead atoms. The molecule has 0 aliphatic carbocycles. The second-order valence-corrected chi connectivity index (χ2v) is 4.54. The van der Waals surface area contributed by atoms with E-state index in [0.717, 1.165) is 30.2 Å². The fourth-order valence-electron chi connectivity index (χ4n) is 2.16. The first kappa shape index (κ1) is 13.7. The molecule has 5 heteroatoms. The van der Waals surface area contributed by atoms with Crippen LogP contribution in [0.4, 0.5) is 11.4 Å². The molecule has 0 radical (unpaired) electrons. The minimum Gasteiger partial charge on any atom is -0.479 e. The molecule has 2 N–H and O–H groups in total. The van der Waals surface area contributed by atoms with Gasteiger partial charge in [0, 0.05) is 25.8 Å². The number of nitrogens with zero attached hydrogens (tertiary/aromatic N) is 1. The highest BCUT2D eigenvalue weighted by atomic mass is 16.5. The van der Waals surface area contributed by atoms with Gasteiger partial charge >= 0.3 is 0 Å². The van der Waals surface area contributed by atoms with Gasteiger partial charge in [-0.1, -0.05) is 6.92 Å². The third-order valence-electron chi connectivity index (χ3n) is 3.22. The van der Waals surface area contributed by atoms with Gasteiger partial charge in [0.1, 0.15) is 5.75 Å². The Hall–Kier alpha value is -1.75. The molecule has 1 aromatic rings. The maximum Gasteiger partial charge on any atom is 0.267 e. The van der Waals surface area contributed by atoms with Crippen LogP contribution in [-0.4, -0.2) is 38.7 Å². The fraction of sp³-hybridized carbons (Fsp3) is 0.500. The Labute approximate surface area is 113 Å². The summed E-state index contributed by atoms with van der Waals surface area (Å²) in [5.74, 6) is 0.779. The van der Waals surface area contributed by atoms with Crippen molar-refractivity contribution in [3.8, 4) is 5.75 Å². The van der Waals surface area contributed by atoms with Gasteiger partial charge in [0.15, 0.2) is 6.10 Å². The van der Waals surface area contributed by atoms with Crippen LogP contribution in [0, 0.1) is 0 Å². The number of fused-ring (bicyclic) bond motifs is 1. The van der Waals surface area contributed by atoms with Gasteiger partial charge in [0.2, 0.25) is 0 Å². The zero-order valence-corrected chi connectivity index (χ0v) is 11.7. The molecule has 1 atom stereocenters. The standard InChI is InChI=1S/C14H21N3O2/c1-4-16-7-8-17-12-9-11(15-3)5-6-13(12)19-10(2)14(17)18/h5-6,9-10,15-16H,4,7-8H2,1-3H3. The van der Waals surface area contributed by atoms with Gasteiger partial charge in [-0.15, -0.1) is 0 Å². The molecule has 1 amide bonds. The average molecular weight is 263 g/mol. The van der Waals surface area contributed by atoms with Gasteiger partial charge in [-0.05, 0) is 31.7 Å². The van der Waals surface area contributed by atoms with E-state index in [9.17, 15) is 4.79 Å². The van der Waals surface area contributed by atoms with Crippen LogP contribution in [0.5, 0.6) is 5.75 Å². The molecule has 0 saturated heterocycles. The maximum absolute atomic E-state index is 12.2. The van der Waals surface area contributed by atoms with E-state index in [2.05, 4.69) is 17.6 Å². The lowest BCUT2D eigenvalue weighted by molar-refractivity contribution is -0.125. The van der Waals surface area contributed by atoms with Crippen molar-refractivity contribution in [2.75, 3.05) is 36.9 Å². The summed E-state index contributed by atoms with van der Waals surface area (Å²) in [6.07, 6.45) is -0.422. The van der Waals surface area contributed by atoms with Crippen molar-refractivity contribution in [1.82, 2.24) is 5.32 Å². The molecule has 0 aromatic heterocycles. The molecule has 1 aliphatic rings. The summed E-state index contributed by atoms with van der Waals surface area (Å²) < 4.78 is 5.64. The van der Waals surface area contributed by atoms with E-state index in [1.165, 1.54) is 0 Å².